The smallest absolute Gasteiger partial charge is 0.272 e. The van der Waals surface area contributed by atoms with Crippen molar-refractivity contribution in [1.82, 2.24) is 9.78 Å². The quantitative estimate of drug-likeness (QED) is 0.758. The van der Waals surface area contributed by atoms with Crippen LogP contribution in [-0.4, -0.2) is 9.78 Å². The van der Waals surface area contributed by atoms with Gasteiger partial charge in [-0.2, -0.15) is 18.3 Å². The Kier molecular flexibility index (Phi) is 2.92. The molecule has 1 heterocycles. The predicted octanol–water partition coefficient (Wildman–Crippen LogP) is 3.72. The van der Waals surface area contributed by atoms with Gasteiger partial charge in [0.2, 0.25) is 0 Å². The first-order chi connectivity index (χ1) is 8.30. The molecular weight excluding hydrogens is 241 g/mol. The Hall–Kier alpha value is -1.78. The van der Waals surface area contributed by atoms with Crippen LogP contribution in [0.1, 0.15) is 17.0 Å². The minimum Gasteiger partial charge on any atom is -0.272 e. The molecule has 5 heteroatoms. The Morgan fingerprint density at radius 3 is 2.33 bits per heavy atom. The van der Waals surface area contributed by atoms with Gasteiger partial charge in [-0.1, -0.05) is 12.1 Å². The van der Waals surface area contributed by atoms with Gasteiger partial charge in [0.15, 0.2) is 0 Å². The number of hydrogen-bond donors (Lipinski definition) is 0. The highest BCUT2D eigenvalue weighted by Crippen LogP contribution is 2.33. The van der Waals surface area contributed by atoms with E-state index in [1.165, 1.54) is 6.07 Å². The molecule has 0 N–H and O–H groups in total. The summed E-state index contributed by atoms with van der Waals surface area (Å²) in [5.41, 5.74) is 2.26. The number of rotatable bonds is 1. The molecule has 0 fully saturated rings. The third-order valence-electron chi connectivity index (χ3n) is 2.99. The van der Waals surface area contributed by atoms with Crippen LogP contribution < -0.4 is 0 Å². The summed E-state index contributed by atoms with van der Waals surface area (Å²) in [7, 11) is 1.78. The predicted molar refractivity (Wildman–Crippen MR) is 63.1 cm³/mol. The van der Waals surface area contributed by atoms with Crippen LogP contribution in [0.25, 0.3) is 11.1 Å². The number of benzene rings is 1. The lowest BCUT2D eigenvalue weighted by molar-refractivity contribution is -0.137. The van der Waals surface area contributed by atoms with Gasteiger partial charge < -0.3 is 0 Å². The average molecular weight is 254 g/mol. The number of aryl methyl sites for hydroxylation is 2. The van der Waals surface area contributed by atoms with Crippen LogP contribution in [0.4, 0.5) is 13.2 Å². The lowest BCUT2D eigenvalue weighted by Gasteiger charge is -2.09. The molecule has 0 aliphatic carbocycles. The Morgan fingerprint density at radius 2 is 1.83 bits per heavy atom. The summed E-state index contributed by atoms with van der Waals surface area (Å²) in [6.45, 7) is 3.64. The molecule has 0 amide bonds. The van der Waals surface area contributed by atoms with Gasteiger partial charge in [0.25, 0.3) is 0 Å². The van der Waals surface area contributed by atoms with Crippen molar-refractivity contribution in [3.8, 4) is 11.1 Å². The molecule has 0 saturated carbocycles. The molecular formula is C13H13F3N2. The van der Waals surface area contributed by atoms with E-state index in [1.54, 1.807) is 24.7 Å². The lowest BCUT2D eigenvalue weighted by atomic mass is 10.0. The number of nitrogens with zero attached hydrogens (tertiary/aromatic N) is 2. The summed E-state index contributed by atoms with van der Waals surface area (Å²) < 4.78 is 39.7. The lowest BCUT2D eigenvalue weighted by Crippen LogP contribution is -2.04. The second-order valence-electron chi connectivity index (χ2n) is 4.25. The van der Waals surface area contributed by atoms with E-state index in [4.69, 9.17) is 0 Å². The molecule has 2 rings (SSSR count). The molecule has 96 valence electrons. The fraction of sp³-hybridized carbons (Fsp3) is 0.308. The van der Waals surface area contributed by atoms with Crippen molar-refractivity contribution in [2.24, 2.45) is 7.05 Å². The van der Waals surface area contributed by atoms with Crippen LogP contribution in [0.3, 0.4) is 0 Å². The Labute approximate surface area is 103 Å². The molecule has 0 atom stereocenters. The van der Waals surface area contributed by atoms with E-state index in [2.05, 4.69) is 5.10 Å². The third-order valence-corrected chi connectivity index (χ3v) is 2.99. The summed E-state index contributed by atoms with van der Waals surface area (Å²) in [5, 5.41) is 4.21. The Balaban J connectivity index is 2.58. The first kappa shape index (κ1) is 12.7. The number of alkyl halides is 3. The standard InChI is InChI=1S/C13H13F3N2/c1-8-12(9(2)18(3)17-8)10-5-4-6-11(7-10)13(14,15)16/h4-7H,1-3H3. The number of aromatic nitrogens is 2. The third kappa shape index (κ3) is 2.12. The van der Waals surface area contributed by atoms with Crippen molar-refractivity contribution in [2.45, 2.75) is 20.0 Å². The van der Waals surface area contributed by atoms with Crippen molar-refractivity contribution < 1.29 is 13.2 Å². The maximum atomic E-state index is 12.7. The van der Waals surface area contributed by atoms with Crippen LogP contribution >= 0.6 is 0 Å². The molecule has 0 unspecified atom stereocenters. The molecule has 0 spiro atoms. The zero-order chi connectivity index (χ0) is 13.5. The number of hydrogen-bond acceptors (Lipinski definition) is 1. The van der Waals surface area contributed by atoms with Gasteiger partial charge in [0.05, 0.1) is 11.3 Å². The van der Waals surface area contributed by atoms with Crippen molar-refractivity contribution in [2.75, 3.05) is 0 Å². The van der Waals surface area contributed by atoms with Gasteiger partial charge in [-0.05, 0) is 31.5 Å². The molecule has 0 aliphatic heterocycles. The molecule has 2 aromatic rings. The summed E-state index contributed by atoms with van der Waals surface area (Å²) >= 11 is 0. The Bertz CT molecular complexity index is 582. The molecule has 0 aliphatic rings. The summed E-state index contributed by atoms with van der Waals surface area (Å²) in [4.78, 5) is 0. The van der Waals surface area contributed by atoms with Gasteiger partial charge in [-0.25, -0.2) is 0 Å². The molecule has 0 radical (unpaired) electrons. The van der Waals surface area contributed by atoms with E-state index >= 15 is 0 Å². The largest absolute Gasteiger partial charge is 0.416 e. The average Bonchev–Trinajstić information content (AvgIpc) is 2.52. The van der Waals surface area contributed by atoms with Gasteiger partial charge in [0.1, 0.15) is 0 Å². The highest BCUT2D eigenvalue weighted by Gasteiger charge is 2.30. The fourth-order valence-electron chi connectivity index (χ4n) is 2.04. The van der Waals surface area contributed by atoms with Gasteiger partial charge in [-0.3, -0.25) is 4.68 Å². The van der Waals surface area contributed by atoms with E-state index in [-0.39, 0.29) is 0 Å². The number of halogens is 3. The highest BCUT2D eigenvalue weighted by molar-refractivity contribution is 5.69. The Morgan fingerprint density at radius 1 is 1.17 bits per heavy atom. The molecule has 2 nitrogen and oxygen atoms in total. The van der Waals surface area contributed by atoms with Crippen LogP contribution in [-0.2, 0) is 13.2 Å². The van der Waals surface area contributed by atoms with E-state index in [9.17, 15) is 13.2 Å². The van der Waals surface area contributed by atoms with Crippen molar-refractivity contribution in [1.29, 1.82) is 0 Å². The SMILES string of the molecule is Cc1nn(C)c(C)c1-c1cccc(C(F)(F)F)c1. The normalized spacial score (nSPS) is 11.9. The minimum atomic E-state index is -4.32. The maximum Gasteiger partial charge on any atom is 0.416 e. The van der Waals surface area contributed by atoms with Crippen molar-refractivity contribution >= 4 is 0 Å². The maximum absolute atomic E-state index is 12.7. The zero-order valence-electron chi connectivity index (χ0n) is 10.3. The van der Waals surface area contributed by atoms with E-state index in [0.717, 1.165) is 29.1 Å². The fourth-order valence-corrected chi connectivity index (χ4v) is 2.04. The molecule has 0 bridgehead atoms. The van der Waals surface area contributed by atoms with E-state index < -0.39 is 11.7 Å². The van der Waals surface area contributed by atoms with Crippen LogP contribution in [0.2, 0.25) is 0 Å². The van der Waals surface area contributed by atoms with Gasteiger partial charge in [0, 0.05) is 18.3 Å². The van der Waals surface area contributed by atoms with Crippen LogP contribution in [0.15, 0.2) is 24.3 Å². The molecule has 0 saturated heterocycles. The molecule has 18 heavy (non-hydrogen) atoms. The monoisotopic (exact) mass is 254 g/mol. The summed E-state index contributed by atoms with van der Waals surface area (Å²) in [5.74, 6) is 0. The topological polar surface area (TPSA) is 17.8 Å². The van der Waals surface area contributed by atoms with E-state index in [1.807, 2.05) is 6.92 Å². The zero-order valence-corrected chi connectivity index (χ0v) is 10.3. The molecule has 1 aromatic heterocycles. The first-order valence-electron chi connectivity index (χ1n) is 5.48. The summed E-state index contributed by atoms with van der Waals surface area (Å²) in [6.07, 6.45) is -4.32. The van der Waals surface area contributed by atoms with E-state index in [0.29, 0.717) is 5.56 Å². The van der Waals surface area contributed by atoms with Gasteiger partial charge in [-0.15, -0.1) is 0 Å². The van der Waals surface area contributed by atoms with Crippen molar-refractivity contribution in [3.05, 3.63) is 41.2 Å². The molecule has 1 aromatic carbocycles. The second kappa shape index (κ2) is 4.15. The van der Waals surface area contributed by atoms with Crippen LogP contribution in [0, 0.1) is 13.8 Å². The summed E-state index contributed by atoms with van der Waals surface area (Å²) in [6, 6.07) is 5.33. The highest BCUT2D eigenvalue weighted by atomic mass is 19.4. The minimum absolute atomic E-state index is 0.549. The first-order valence-corrected chi connectivity index (χ1v) is 5.48. The van der Waals surface area contributed by atoms with Gasteiger partial charge >= 0.3 is 6.18 Å². The second-order valence-corrected chi connectivity index (χ2v) is 4.25. The van der Waals surface area contributed by atoms with Crippen LogP contribution in [0.5, 0.6) is 0 Å². The van der Waals surface area contributed by atoms with Crippen molar-refractivity contribution in [3.63, 3.8) is 0 Å².